The molecule has 2 N–H and O–H groups in total. The van der Waals surface area contributed by atoms with Crippen LogP contribution in [0.25, 0.3) is 0 Å². The first-order valence-electron chi connectivity index (χ1n) is 6.27. The van der Waals surface area contributed by atoms with Gasteiger partial charge in [0.25, 0.3) is 0 Å². The maximum atomic E-state index is 9.51. The topological polar surface area (TPSA) is 41.5 Å². The lowest BCUT2D eigenvalue weighted by atomic mass is 9.92. The van der Waals surface area contributed by atoms with Crippen LogP contribution in [-0.2, 0) is 4.74 Å². The van der Waals surface area contributed by atoms with Crippen LogP contribution in [0.2, 0.25) is 0 Å². The highest BCUT2D eigenvalue weighted by Crippen LogP contribution is 2.39. The van der Waals surface area contributed by atoms with E-state index in [1.54, 1.807) is 7.11 Å². The fourth-order valence-electron chi connectivity index (χ4n) is 2.45. The second-order valence-corrected chi connectivity index (χ2v) is 6.06. The Morgan fingerprint density at radius 2 is 1.94 bits per heavy atom. The lowest BCUT2D eigenvalue weighted by Gasteiger charge is -2.35. The molecule has 1 fully saturated rings. The Hall–Kier alpha value is -0.120. The highest BCUT2D eigenvalue weighted by atomic mass is 16.5. The summed E-state index contributed by atoms with van der Waals surface area (Å²) in [7, 11) is 1.75. The van der Waals surface area contributed by atoms with E-state index in [4.69, 9.17) is 4.74 Å². The van der Waals surface area contributed by atoms with Crippen molar-refractivity contribution in [3.05, 3.63) is 0 Å². The Bertz CT molecular complexity index is 226. The van der Waals surface area contributed by atoms with Crippen molar-refractivity contribution in [2.45, 2.75) is 64.1 Å². The number of hydrogen-bond donors (Lipinski definition) is 2. The standard InChI is InChI=1S/C13H27NO2/c1-10(8-12(2,3)16-5)14-13(4,9-15)11-6-7-11/h10-11,14-15H,6-9H2,1-5H3. The highest BCUT2D eigenvalue weighted by molar-refractivity contribution is 4.99. The van der Waals surface area contributed by atoms with Crippen molar-refractivity contribution in [3.63, 3.8) is 0 Å². The van der Waals surface area contributed by atoms with Gasteiger partial charge in [0.2, 0.25) is 0 Å². The SMILES string of the molecule is COC(C)(C)CC(C)NC(C)(CO)C1CC1. The third-order valence-corrected chi connectivity index (χ3v) is 3.73. The van der Waals surface area contributed by atoms with Gasteiger partial charge in [0.15, 0.2) is 0 Å². The van der Waals surface area contributed by atoms with Gasteiger partial charge in [-0.25, -0.2) is 0 Å². The van der Waals surface area contributed by atoms with Gasteiger partial charge in [-0.1, -0.05) is 0 Å². The van der Waals surface area contributed by atoms with Crippen LogP contribution in [0.1, 0.15) is 47.0 Å². The molecule has 3 heteroatoms. The normalized spacial score (nSPS) is 22.9. The Morgan fingerprint density at radius 3 is 2.31 bits per heavy atom. The minimum atomic E-state index is -0.108. The van der Waals surface area contributed by atoms with Gasteiger partial charge in [0.05, 0.1) is 12.2 Å². The second-order valence-electron chi connectivity index (χ2n) is 6.06. The number of rotatable bonds is 7. The zero-order valence-electron chi connectivity index (χ0n) is 11.3. The highest BCUT2D eigenvalue weighted by Gasteiger charge is 2.41. The van der Waals surface area contributed by atoms with E-state index in [1.807, 2.05) is 0 Å². The van der Waals surface area contributed by atoms with Gasteiger partial charge in [0.1, 0.15) is 0 Å². The Kier molecular flexibility index (Phi) is 4.38. The summed E-state index contributed by atoms with van der Waals surface area (Å²) < 4.78 is 5.43. The molecule has 1 aliphatic carbocycles. The molecular weight excluding hydrogens is 202 g/mol. The lowest BCUT2D eigenvalue weighted by Crippen LogP contribution is -2.53. The molecule has 0 aromatic rings. The van der Waals surface area contributed by atoms with Crippen LogP contribution in [0.3, 0.4) is 0 Å². The summed E-state index contributed by atoms with van der Waals surface area (Å²) in [5.74, 6) is 0.644. The molecule has 96 valence electrons. The van der Waals surface area contributed by atoms with Gasteiger partial charge in [-0.05, 0) is 52.9 Å². The van der Waals surface area contributed by atoms with E-state index >= 15 is 0 Å². The average Bonchev–Trinajstić information content (AvgIpc) is 3.00. The molecule has 16 heavy (non-hydrogen) atoms. The van der Waals surface area contributed by atoms with E-state index in [1.165, 1.54) is 12.8 Å². The molecule has 0 aromatic carbocycles. The largest absolute Gasteiger partial charge is 0.394 e. The molecule has 0 heterocycles. The van der Waals surface area contributed by atoms with Crippen LogP contribution in [0.15, 0.2) is 0 Å². The monoisotopic (exact) mass is 229 g/mol. The first kappa shape index (κ1) is 13.9. The van der Waals surface area contributed by atoms with Crippen molar-refractivity contribution < 1.29 is 9.84 Å². The van der Waals surface area contributed by atoms with Crippen LogP contribution in [0.5, 0.6) is 0 Å². The molecule has 0 radical (unpaired) electrons. The summed E-state index contributed by atoms with van der Waals surface area (Å²) in [4.78, 5) is 0. The van der Waals surface area contributed by atoms with Crippen molar-refractivity contribution >= 4 is 0 Å². The first-order chi connectivity index (χ1) is 7.33. The van der Waals surface area contributed by atoms with Gasteiger partial charge in [-0.3, -0.25) is 0 Å². The molecule has 1 rings (SSSR count). The van der Waals surface area contributed by atoms with Gasteiger partial charge in [-0.15, -0.1) is 0 Å². The summed E-state index contributed by atoms with van der Waals surface area (Å²) in [6.45, 7) is 8.70. The predicted molar refractivity (Wildman–Crippen MR) is 66.5 cm³/mol. The molecule has 2 unspecified atom stereocenters. The molecule has 1 saturated carbocycles. The smallest absolute Gasteiger partial charge is 0.0637 e. The maximum Gasteiger partial charge on any atom is 0.0637 e. The molecule has 0 aromatic heterocycles. The quantitative estimate of drug-likeness (QED) is 0.701. The molecule has 3 nitrogen and oxygen atoms in total. The minimum absolute atomic E-state index is 0.105. The van der Waals surface area contributed by atoms with Crippen LogP contribution in [0, 0.1) is 5.92 Å². The number of aliphatic hydroxyl groups excluding tert-OH is 1. The van der Waals surface area contributed by atoms with Crippen molar-refractivity contribution in [1.29, 1.82) is 0 Å². The Labute approximate surface area is 99.6 Å². The van der Waals surface area contributed by atoms with Crippen LogP contribution < -0.4 is 5.32 Å². The fraction of sp³-hybridized carbons (Fsp3) is 1.00. The number of methoxy groups -OCH3 is 1. The van der Waals surface area contributed by atoms with E-state index < -0.39 is 0 Å². The van der Waals surface area contributed by atoms with Gasteiger partial charge in [-0.2, -0.15) is 0 Å². The maximum absolute atomic E-state index is 9.51. The Balaban J connectivity index is 2.46. The molecule has 0 amide bonds. The summed E-state index contributed by atoms with van der Waals surface area (Å²) in [5, 5.41) is 13.1. The summed E-state index contributed by atoms with van der Waals surface area (Å²) in [6, 6.07) is 0.354. The summed E-state index contributed by atoms with van der Waals surface area (Å²) in [5.41, 5.74) is -0.213. The first-order valence-corrected chi connectivity index (χ1v) is 6.27. The van der Waals surface area contributed by atoms with E-state index in [0.717, 1.165) is 6.42 Å². The van der Waals surface area contributed by atoms with Crippen LogP contribution >= 0.6 is 0 Å². The fourth-order valence-corrected chi connectivity index (χ4v) is 2.45. The molecule has 0 bridgehead atoms. The zero-order chi connectivity index (χ0) is 12.4. The zero-order valence-corrected chi connectivity index (χ0v) is 11.3. The molecule has 0 aliphatic heterocycles. The predicted octanol–water partition coefficient (Wildman–Crippen LogP) is 1.94. The average molecular weight is 229 g/mol. The molecular formula is C13H27NO2. The number of ether oxygens (including phenoxy) is 1. The minimum Gasteiger partial charge on any atom is -0.394 e. The third-order valence-electron chi connectivity index (χ3n) is 3.73. The van der Waals surface area contributed by atoms with Crippen molar-refractivity contribution in [3.8, 4) is 0 Å². The van der Waals surface area contributed by atoms with E-state index in [-0.39, 0.29) is 17.7 Å². The van der Waals surface area contributed by atoms with Gasteiger partial charge < -0.3 is 15.2 Å². The van der Waals surface area contributed by atoms with Crippen LogP contribution in [0.4, 0.5) is 0 Å². The lowest BCUT2D eigenvalue weighted by molar-refractivity contribution is 0.00355. The molecule has 0 saturated heterocycles. The van der Waals surface area contributed by atoms with E-state index in [9.17, 15) is 5.11 Å². The molecule has 2 atom stereocenters. The summed E-state index contributed by atoms with van der Waals surface area (Å²) >= 11 is 0. The Morgan fingerprint density at radius 1 is 1.38 bits per heavy atom. The van der Waals surface area contributed by atoms with Crippen molar-refractivity contribution in [2.24, 2.45) is 5.92 Å². The molecule has 1 aliphatic rings. The number of hydrogen-bond acceptors (Lipinski definition) is 3. The van der Waals surface area contributed by atoms with E-state index in [2.05, 4.69) is 33.0 Å². The van der Waals surface area contributed by atoms with E-state index in [0.29, 0.717) is 12.0 Å². The van der Waals surface area contributed by atoms with Crippen molar-refractivity contribution in [2.75, 3.05) is 13.7 Å². The van der Waals surface area contributed by atoms with Gasteiger partial charge >= 0.3 is 0 Å². The van der Waals surface area contributed by atoms with Gasteiger partial charge in [0, 0.05) is 18.7 Å². The summed E-state index contributed by atoms with van der Waals surface area (Å²) in [6.07, 6.45) is 3.43. The molecule has 0 spiro atoms. The third kappa shape index (κ3) is 3.72. The van der Waals surface area contributed by atoms with Crippen molar-refractivity contribution in [1.82, 2.24) is 5.32 Å². The number of aliphatic hydroxyl groups is 1. The second kappa shape index (κ2) is 5.03. The number of nitrogens with one attached hydrogen (secondary N) is 1. The van der Waals surface area contributed by atoms with Crippen LogP contribution in [-0.4, -0.2) is 36.0 Å².